The van der Waals surface area contributed by atoms with Gasteiger partial charge in [-0.1, -0.05) is 66.7 Å². The van der Waals surface area contributed by atoms with Crippen LogP contribution in [0.4, 0.5) is 5.69 Å². The summed E-state index contributed by atoms with van der Waals surface area (Å²) in [5.41, 5.74) is 0.708. The van der Waals surface area contributed by atoms with Gasteiger partial charge in [-0.25, -0.2) is 13.2 Å². The molecule has 0 heterocycles. The Labute approximate surface area is 214 Å². The number of sulfonamides is 1. The highest BCUT2D eigenvalue weighted by Crippen LogP contribution is 2.29. The highest BCUT2D eigenvalue weighted by molar-refractivity contribution is 7.93. The normalized spacial score (nSPS) is 11.1. The third kappa shape index (κ3) is 4.98. The number of carbonyl (C=O) groups is 2. The molecule has 0 aromatic heterocycles. The van der Waals surface area contributed by atoms with Gasteiger partial charge in [-0.3, -0.25) is 4.79 Å². The molecule has 182 valence electrons. The first-order chi connectivity index (χ1) is 17.9. The van der Waals surface area contributed by atoms with E-state index in [1.807, 2.05) is 24.3 Å². The fourth-order valence-electron chi connectivity index (χ4n) is 3.89. The Hall–Kier alpha value is -4.75. The molecule has 0 aliphatic carbocycles. The monoisotopic (exact) mass is 507 g/mol. The molecule has 7 heteroatoms. The Morgan fingerprint density at radius 1 is 0.595 bits per heavy atom. The minimum absolute atomic E-state index is 0.0185. The van der Waals surface area contributed by atoms with Gasteiger partial charge in [0.1, 0.15) is 5.75 Å². The van der Waals surface area contributed by atoms with E-state index < -0.39 is 21.9 Å². The Balaban J connectivity index is 1.53. The molecular weight excluding hydrogens is 486 g/mol. The van der Waals surface area contributed by atoms with E-state index in [9.17, 15) is 18.0 Å². The van der Waals surface area contributed by atoms with Gasteiger partial charge >= 0.3 is 5.97 Å². The van der Waals surface area contributed by atoms with Crippen molar-refractivity contribution < 1.29 is 22.7 Å². The number of esters is 1. The third-order valence-electron chi connectivity index (χ3n) is 5.76. The van der Waals surface area contributed by atoms with Crippen molar-refractivity contribution >= 4 is 38.4 Å². The van der Waals surface area contributed by atoms with Gasteiger partial charge in [0.05, 0.1) is 16.1 Å². The summed E-state index contributed by atoms with van der Waals surface area (Å²) in [6.07, 6.45) is 0. The van der Waals surface area contributed by atoms with Crippen LogP contribution in [-0.4, -0.2) is 20.3 Å². The lowest BCUT2D eigenvalue weighted by Gasteiger charge is -2.23. The second kappa shape index (κ2) is 10.1. The molecule has 0 N–H and O–H groups in total. The molecule has 0 unspecified atom stereocenters. The van der Waals surface area contributed by atoms with Gasteiger partial charge in [-0.05, 0) is 71.4 Å². The van der Waals surface area contributed by atoms with Crippen molar-refractivity contribution in [3.63, 3.8) is 0 Å². The number of fused-ring (bicyclic) bond motifs is 1. The first-order valence-electron chi connectivity index (χ1n) is 11.4. The number of benzene rings is 5. The Morgan fingerprint density at radius 3 is 1.81 bits per heavy atom. The zero-order valence-corrected chi connectivity index (χ0v) is 20.3. The first-order valence-corrected chi connectivity index (χ1v) is 12.9. The topological polar surface area (TPSA) is 80.8 Å². The lowest BCUT2D eigenvalue weighted by Crippen LogP contribution is -2.37. The molecule has 5 aromatic carbocycles. The Kier molecular flexibility index (Phi) is 6.53. The van der Waals surface area contributed by atoms with Crippen LogP contribution in [0.15, 0.2) is 132 Å². The summed E-state index contributed by atoms with van der Waals surface area (Å²) in [5.74, 6) is -1.04. The van der Waals surface area contributed by atoms with Gasteiger partial charge in [-0.15, -0.1) is 0 Å². The summed E-state index contributed by atoms with van der Waals surface area (Å²) in [6.45, 7) is 0. The first kappa shape index (κ1) is 24.0. The van der Waals surface area contributed by atoms with Crippen LogP contribution in [0.5, 0.6) is 5.75 Å². The molecule has 6 nitrogen and oxygen atoms in total. The highest BCUT2D eigenvalue weighted by atomic mass is 32.2. The molecule has 5 rings (SSSR count). The smallest absolute Gasteiger partial charge is 0.343 e. The largest absolute Gasteiger partial charge is 0.423 e. The average Bonchev–Trinajstić information content (AvgIpc) is 2.94. The van der Waals surface area contributed by atoms with Crippen LogP contribution in [0, 0.1) is 0 Å². The molecule has 1 amide bonds. The molecule has 0 aliphatic rings. The van der Waals surface area contributed by atoms with Gasteiger partial charge in [-0.2, -0.15) is 4.31 Å². The molecule has 0 spiro atoms. The van der Waals surface area contributed by atoms with Crippen LogP contribution in [-0.2, 0) is 10.0 Å². The summed E-state index contributed by atoms with van der Waals surface area (Å²) in [7, 11) is -4.30. The summed E-state index contributed by atoms with van der Waals surface area (Å²) in [6, 6.07) is 34.6. The van der Waals surface area contributed by atoms with E-state index in [0.29, 0.717) is 5.56 Å². The Morgan fingerprint density at radius 2 is 1.16 bits per heavy atom. The lowest BCUT2D eigenvalue weighted by molar-refractivity contribution is 0.0734. The zero-order valence-electron chi connectivity index (χ0n) is 19.5. The fraction of sp³-hybridized carbons (Fsp3) is 0. The standard InChI is InChI=1S/C30H21NO5S/c32-29(23-10-3-1-4-11-23)31(37(34,35)28-20-15-22-9-7-8-14-25(22)21-28)26-16-18-27(19-17-26)36-30(33)24-12-5-2-6-13-24/h1-21H. The van der Waals surface area contributed by atoms with E-state index in [-0.39, 0.29) is 21.9 Å². The molecular formula is C30H21NO5S. The number of anilines is 1. The molecule has 0 radical (unpaired) electrons. The summed E-state index contributed by atoms with van der Waals surface area (Å²) in [5, 5.41) is 1.62. The van der Waals surface area contributed by atoms with Gasteiger partial charge in [0.25, 0.3) is 15.9 Å². The maximum atomic E-state index is 13.9. The second-order valence-electron chi connectivity index (χ2n) is 8.20. The predicted molar refractivity (Wildman–Crippen MR) is 142 cm³/mol. The quantitative estimate of drug-likeness (QED) is 0.205. The van der Waals surface area contributed by atoms with Crippen LogP contribution >= 0.6 is 0 Å². The number of carbonyl (C=O) groups excluding carboxylic acids is 2. The van der Waals surface area contributed by atoms with Gasteiger partial charge in [0, 0.05) is 5.56 Å². The van der Waals surface area contributed by atoms with Crippen molar-refractivity contribution in [2.75, 3.05) is 4.31 Å². The van der Waals surface area contributed by atoms with Crippen molar-refractivity contribution in [1.82, 2.24) is 0 Å². The average molecular weight is 508 g/mol. The number of hydrogen-bond acceptors (Lipinski definition) is 5. The summed E-state index contributed by atoms with van der Waals surface area (Å²) in [4.78, 5) is 25.9. The number of ether oxygens (including phenoxy) is 1. The molecule has 0 saturated carbocycles. The molecule has 37 heavy (non-hydrogen) atoms. The number of amides is 1. The minimum Gasteiger partial charge on any atom is -0.423 e. The molecule has 0 atom stereocenters. The lowest BCUT2D eigenvalue weighted by atomic mass is 10.1. The van der Waals surface area contributed by atoms with E-state index in [1.165, 1.54) is 30.3 Å². The minimum atomic E-state index is -4.30. The second-order valence-corrected chi connectivity index (χ2v) is 9.99. The SMILES string of the molecule is O=C(Oc1ccc(N(C(=O)c2ccccc2)S(=O)(=O)c2ccc3ccccc3c2)cc1)c1ccccc1. The Bertz CT molecular complexity index is 1680. The van der Waals surface area contributed by atoms with Gasteiger partial charge in [0.15, 0.2) is 0 Å². The van der Waals surface area contributed by atoms with Crippen LogP contribution in [0.25, 0.3) is 10.8 Å². The number of rotatable bonds is 6. The maximum Gasteiger partial charge on any atom is 0.343 e. The van der Waals surface area contributed by atoms with E-state index in [4.69, 9.17) is 4.74 Å². The van der Waals surface area contributed by atoms with Crippen molar-refractivity contribution in [3.8, 4) is 5.75 Å². The van der Waals surface area contributed by atoms with Crippen LogP contribution in [0.2, 0.25) is 0 Å². The van der Waals surface area contributed by atoms with Crippen molar-refractivity contribution in [3.05, 3.63) is 139 Å². The molecule has 0 fully saturated rings. The highest BCUT2D eigenvalue weighted by Gasteiger charge is 2.32. The molecule has 5 aromatic rings. The van der Waals surface area contributed by atoms with Crippen LogP contribution < -0.4 is 9.04 Å². The van der Waals surface area contributed by atoms with E-state index in [2.05, 4.69) is 0 Å². The zero-order chi connectivity index (χ0) is 25.8. The van der Waals surface area contributed by atoms with E-state index >= 15 is 0 Å². The summed E-state index contributed by atoms with van der Waals surface area (Å²) < 4.78 is 33.9. The summed E-state index contributed by atoms with van der Waals surface area (Å²) >= 11 is 0. The fourth-order valence-corrected chi connectivity index (χ4v) is 5.34. The van der Waals surface area contributed by atoms with Crippen molar-refractivity contribution in [2.45, 2.75) is 4.90 Å². The maximum absolute atomic E-state index is 13.9. The van der Waals surface area contributed by atoms with Crippen LogP contribution in [0.3, 0.4) is 0 Å². The van der Waals surface area contributed by atoms with Crippen molar-refractivity contribution in [1.29, 1.82) is 0 Å². The molecule has 0 saturated heterocycles. The molecule has 0 aliphatic heterocycles. The van der Waals surface area contributed by atoms with Gasteiger partial charge in [0.2, 0.25) is 0 Å². The van der Waals surface area contributed by atoms with E-state index in [0.717, 1.165) is 15.1 Å². The van der Waals surface area contributed by atoms with Gasteiger partial charge < -0.3 is 4.74 Å². The number of hydrogen-bond donors (Lipinski definition) is 0. The molecule has 0 bridgehead atoms. The van der Waals surface area contributed by atoms with Crippen LogP contribution in [0.1, 0.15) is 20.7 Å². The predicted octanol–water partition coefficient (Wildman–Crippen LogP) is 6.09. The third-order valence-corrected chi connectivity index (χ3v) is 7.46. The number of nitrogens with zero attached hydrogens (tertiary/aromatic N) is 1. The van der Waals surface area contributed by atoms with Crippen molar-refractivity contribution in [2.24, 2.45) is 0 Å². The van der Waals surface area contributed by atoms with E-state index in [1.54, 1.807) is 72.8 Å².